The van der Waals surface area contributed by atoms with E-state index >= 15 is 0 Å². The first-order chi connectivity index (χ1) is 14.1. The summed E-state index contributed by atoms with van der Waals surface area (Å²) in [6.07, 6.45) is 0.932. The molecule has 5 heteroatoms. The molecule has 0 spiro atoms. The van der Waals surface area contributed by atoms with Gasteiger partial charge in [0.15, 0.2) is 0 Å². The number of nitrogens with zero attached hydrogens (tertiary/aromatic N) is 1. The molecule has 1 amide bonds. The molecule has 0 saturated carbocycles. The average molecular weight is 403 g/mol. The maximum atomic E-state index is 13.2. The van der Waals surface area contributed by atoms with Crippen molar-refractivity contribution in [1.29, 1.82) is 0 Å². The topological polar surface area (TPSA) is 53.2 Å². The van der Waals surface area contributed by atoms with E-state index in [0.717, 1.165) is 22.2 Å². The highest BCUT2D eigenvalue weighted by Gasteiger charge is 2.18. The van der Waals surface area contributed by atoms with Crippen molar-refractivity contribution in [3.8, 4) is 0 Å². The highest BCUT2D eigenvalue weighted by atomic mass is 32.1. The number of aromatic amines is 1. The van der Waals surface area contributed by atoms with Crippen LogP contribution in [0.4, 0.5) is 0 Å². The number of aromatic nitrogens is 1. The van der Waals surface area contributed by atoms with Crippen LogP contribution in [0.3, 0.4) is 0 Å². The van der Waals surface area contributed by atoms with Crippen LogP contribution >= 0.6 is 11.3 Å². The number of nitrogens with one attached hydrogen (secondary N) is 1. The van der Waals surface area contributed by atoms with Crippen LogP contribution in [0, 0.1) is 0 Å². The molecule has 0 atom stereocenters. The van der Waals surface area contributed by atoms with Gasteiger partial charge < -0.3 is 9.88 Å². The summed E-state index contributed by atoms with van der Waals surface area (Å²) in [5, 5.41) is 2.98. The Morgan fingerprint density at radius 1 is 1.00 bits per heavy atom. The molecular formula is C24H22N2O2S. The van der Waals surface area contributed by atoms with Crippen LogP contribution in [0.25, 0.3) is 10.9 Å². The van der Waals surface area contributed by atoms with Crippen molar-refractivity contribution >= 4 is 28.1 Å². The summed E-state index contributed by atoms with van der Waals surface area (Å²) in [4.78, 5) is 31.6. The number of aryl methyl sites for hydroxylation is 1. The standard InChI is InChI=1S/C24H22N2O2S/c1-2-17-10-11-22-19(13-17)14-20(23(27)25-22)15-26(16-21-9-6-12-29-21)24(28)18-7-4-3-5-8-18/h3-14H,2,15-16H2,1H3,(H,25,27). The largest absolute Gasteiger partial charge is 0.329 e. The molecule has 29 heavy (non-hydrogen) atoms. The summed E-state index contributed by atoms with van der Waals surface area (Å²) in [7, 11) is 0. The number of hydrogen-bond donors (Lipinski definition) is 1. The Labute approximate surface area is 173 Å². The van der Waals surface area contributed by atoms with Crippen molar-refractivity contribution in [3.63, 3.8) is 0 Å². The molecule has 4 nitrogen and oxygen atoms in total. The first kappa shape index (κ1) is 19.2. The molecule has 0 radical (unpaired) electrons. The predicted molar refractivity (Wildman–Crippen MR) is 118 cm³/mol. The fraction of sp³-hybridized carbons (Fsp3) is 0.167. The van der Waals surface area contributed by atoms with E-state index in [1.54, 1.807) is 16.2 Å². The number of amides is 1. The van der Waals surface area contributed by atoms with E-state index in [0.29, 0.717) is 17.7 Å². The van der Waals surface area contributed by atoms with Gasteiger partial charge in [0, 0.05) is 21.5 Å². The zero-order valence-corrected chi connectivity index (χ0v) is 17.0. The monoisotopic (exact) mass is 402 g/mol. The van der Waals surface area contributed by atoms with Crippen LogP contribution in [-0.4, -0.2) is 15.8 Å². The van der Waals surface area contributed by atoms with E-state index in [9.17, 15) is 9.59 Å². The molecule has 0 aliphatic rings. The summed E-state index contributed by atoms with van der Waals surface area (Å²) < 4.78 is 0. The van der Waals surface area contributed by atoms with Gasteiger partial charge in [-0.25, -0.2) is 0 Å². The van der Waals surface area contributed by atoms with Crippen molar-refractivity contribution in [2.24, 2.45) is 0 Å². The fourth-order valence-electron chi connectivity index (χ4n) is 3.40. The minimum absolute atomic E-state index is 0.0826. The van der Waals surface area contributed by atoms with Crippen LogP contribution in [0.5, 0.6) is 0 Å². The van der Waals surface area contributed by atoms with Crippen LogP contribution in [0.2, 0.25) is 0 Å². The number of benzene rings is 2. The summed E-state index contributed by atoms with van der Waals surface area (Å²) in [6, 6.07) is 21.2. The maximum absolute atomic E-state index is 13.2. The number of H-pyrrole nitrogens is 1. The summed E-state index contributed by atoms with van der Waals surface area (Å²) >= 11 is 1.61. The van der Waals surface area contributed by atoms with Crippen LogP contribution in [0.1, 0.15) is 33.3 Å². The van der Waals surface area contributed by atoms with Gasteiger partial charge in [0.25, 0.3) is 11.5 Å². The lowest BCUT2D eigenvalue weighted by Gasteiger charge is -2.22. The van der Waals surface area contributed by atoms with Gasteiger partial charge in [-0.1, -0.05) is 37.3 Å². The maximum Gasteiger partial charge on any atom is 0.254 e. The quantitative estimate of drug-likeness (QED) is 0.494. The van der Waals surface area contributed by atoms with Crippen molar-refractivity contribution in [2.45, 2.75) is 26.4 Å². The van der Waals surface area contributed by atoms with Gasteiger partial charge in [-0.3, -0.25) is 9.59 Å². The second-order valence-electron chi connectivity index (χ2n) is 7.01. The normalized spacial score (nSPS) is 10.9. The predicted octanol–water partition coefficient (Wildman–Crippen LogP) is 4.99. The van der Waals surface area contributed by atoms with Gasteiger partial charge >= 0.3 is 0 Å². The van der Waals surface area contributed by atoms with Crippen molar-refractivity contribution in [2.75, 3.05) is 0 Å². The molecule has 0 unspecified atom stereocenters. The van der Waals surface area contributed by atoms with Crippen molar-refractivity contribution in [1.82, 2.24) is 9.88 Å². The number of hydrogen-bond acceptors (Lipinski definition) is 3. The molecule has 0 bridgehead atoms. The lowest BCUT2D eigenvalue weighted by Crippen LogP contribution is -2.32. The Kier molecular flexibility index (Phi) is 5.58. The second kappa shape index (κ2) is 8.45. The van der Waals surface area contributed by atoms with Gasteiger partial charge in [0.2, 0.25) is 0 Å². The molecule has 2 aromatic carbocycles. The molecule has 0 fully saturated rings. The Morgan fingerprint density at radius 2 is 1.83 bits per heavy atom. The van der Waals surface area contributed by atoms with Crippen LogP contribution in [0.15, 0.2) is 76.9 Å². The first-order valence-electron chi connectivity index (χ1n) is 9.65. The Balaban J connectivity index is 1.70. The lowest BCUT2D eigenvalue weighted by molar-refractivity contribution is 0.0731. The first-order valence-corrected chi connectivity index (χ1v) is 10.5. The summed E-state index contributed by atoms with van der Waals surface area (Å²) in [5.74, 6) is -0.0826. The van der Waals surface area contributed by atoms with E-state index in [-0.39, 0.29) is 18.0 Å². The fourth-order valence-corrected chi connectivity index (χ4v) is 4.12. The number of fused-ring (bicyclic) bond motifs is 1. The van der Waals surface area contributed by atoms with Crippen molar-refractivity contribution in [3.05, 3.63) is 104 Å². The van der Waals surface area contributed by atoms with E-state index in [1.165, 1.54) is 5.56 Å². The number of carbonyl (C=O) groups is 1. The molecule has 146 valence electrons. The Hall–Kier alpha value is -3.18. The second-order valence-corrected chi connectivity index (χ2v) is 8.04. The third-order valence-electron chi connectivity index (χ3n) is 4.99. The molecule has 4 rings (SSSR count). The van der Waals surface area contributed by atoms with Gasteiger partial charge in [0.1, 0.15) is 0 Å². The molecule has 0 saturated heterocycles. The summed E-state index contributed by atoms with van der Waals surface area (Å²) in [5.41, 5.74) is 3.08. The van der Waals surface area contributed by atoms with Gasteiger partial charge in [-0.15, -0.1) is 11.3 Å². The molecule has 2 aromatic heterocycles. The van der Waals surface area contributed by atoms with Gasteiger partial charge in [0.05, 0.1) is 13.1 Å². The molecular weight excluding hydrogens is 380 g/mol. The zero-order chi connectivity index (χ0) is 20.2. The van der Waals surface area contributed by atoms with Crippen molar-refractivity contribution < 1.29 is 4.79 Å². The third kappa shape index (κ3) is 4.30. The Morgan fingerprint density at radius 3 is 2.55 bits per heavy atom. The molecule has 1 N–H and O–H groups in total. The minimum atomic E-state index is -0.154. The Bertz CT molecular complexity index is 1180. The van der Waals surface area contributed by atoms with E-state index in [2.05, 4.69) is 18.0 Å². The zero-order valence-electron chi connectivity index (χ0n) is 16.2. The molecule has 2 heterocycles. The van der Waals surface area contributed by atoms with Gasteiger partial charge in [-0.05, 0) is 59.1 Å². The number of pyridine rings is 1. The van der Waals surface area contributed by atoms with Gasteiger partial charge in [-0.2, -0.15) is 0 Å². The lowest BCUT2D eigenvalue weighted by atomic mass is 10.1. The molecule has 4 aromatic rings. The summed E-state index contributed by atoms with van der Waals surface area (Å²) in [6.45, 7) is 2.83. The van der Waals surface area contributed by atoms with Crippen LogP contribution in [-0.2, 0) is 19.5 Å². The highest BCUT2D eigenvalue weighted by molar-refractivity contribution is 7.09. The smallest absolute Gasteiger partial charge is 0.254 e. The van der Waals surface area contributed by atoms with E-state index < -0.39 is 0 Å². The minimum Gasteiger partial charge on any atom is -0.329 e. The number of thiophene rings is 1. The number of rotatable bonds is 6. The van der Waals surface area contributed by atoms with E-state index in [4.69, 9.17) is 0 Å². The molecule has 0 aliphatic heterocycles. The van der Waals surface area contributed by atoms with Crippen LogP contribution < -0.4 is 5.56 Å². The number of carbonyl (C=O) groups excluding carboxylic acids is 1. The third-order valence-corrected chi connectivity index (χ3v) is 5.85. The highest BCUT2D eigenvalue weighted by Crippen LogP contribution is 2.19. The SMILES string of the molecule is CCc1ccc2[nH]c(=O)c(CN(Cc3cccs3)C(=O)c3ccccc3)cc2c1. The van der Waals surface area contributed by atoms with E-state index in [1.807, 2.05) is 66.0 Å². The molecule has 0 aliphatic carbocycles. The average Bonchev–Trinajstić information content (AvgIpc) is 3.26.